The SMILES string of the molecule is COc1cccc(C(=O)N2CCC(c3cc(N(C)C)nc(-c4cnccn4)n3)CC2)c1OC. The minimum absolute atomic E-state index is 0.0545. The van der Waals surface area contributed by atoms with E-state index in [0.717, 1.165) is 24.4 Å². The van der Waals surface area contributed by atoms with Gasteiger partial charge in [0.05, 0.1) is 26.0 Å². The van der Waals surface area contributed by atoms with Crippen molar-refractivity contribution in [1.29, 1.82) is 0 Å². The van der Waals surface area contributed by atoms with Gasteiger partial charge in [-0.15, -0.1) is 0 Å². The second-order valence-corrected chi connectivity index (χ2v) is 8.07. The van der Waals surface area contributed by atoms with Crippen molar-refractivity contribution in [3.63, 3.8) is 0 Å². The van der Waals surface area contributed by atoms with Gasteiger partial charge in [0.2, 0.25) is 0 Å². The second kappa shape index (κ2) is 9.81. The molecule has 0 unspecified atom stereocenters. The first-order valence-corrected chi connectivity index (χ1v) is 10.8. The van der Waals surface area contributed by atoms with Gasteiger partial charge in [-0.1, -0.05) is 6.07 Å². The minimum atomic E-state index is -0.0545. The molecule has 0 radical (unpaired) electrons. The van der Waals surface area contributed by atoms with Crippen LogP contribution in [0.4, 0.5) is 5.82 Å². The molecule has 4 rings (SSSR count). The van der Waals surface area contributed by atoms with Gasteiger partial charge in [0, 0.05) is 57.3 Å². The zero-order valence-electron chi connectivity index (χ0n) is 19.4. The summed E-state index contributed by atoms with van der Waals surface area (Å²) in [6.45, 7) is 1.26. The number of hydrogen-bond donors (Lipinski definition) is 0. The molecule has 1 aromatic carbocycles. The first-order chi connectivity index (χ1) is 16.0. The molecule has 3 aromatic rings. The van der Waals surface area contributed by atoms with Crippen molar-refractivity contribution >= 4 is 11.7 Å². The van der Waals surface area contributed by atoms with E-state index in [4.69, 9.17) is 14.5 Å². The molecule has 0 bridgehead atoms. The number of aromatic nitrogens is 4. The molecular formula is C24H28N6O3. The van der Waals surface area contributed by atoms with Crippen LogP contribution in [0.3, 0.4) is 0 Å². The number of carbonyl (C=O) groups excluding carboxylic acids is 1. The van der Waals surface area contributed by atoms with E-state index in [0.29, 0.717) is 41.7 Å². The summed E-state index contributed by atoms with van der Waals surface area (Å²) in [7, 11) is 7.02. The Labute approximate surface area is 193 Å². The molecule has 1 saturated heterocycles. The third kappa shape index (κ3) is 4.72. The van der Waals surface area contributed by atoms with E-state index >= 15 is 0 Å². The fraction of sp³-hybridized carbons (Fsp3) is 0.375. The number of rotatable bonds is 6. The van der Waals surface area contributed by atoms with Gasteiger partial charge in [0.15, 0.2) is 17.3 Å². The molecule has 0 atom stereocenters. The Morgan fingerprint density at radius 3 is 2.52 bits per heavy atom. The predicted octanol–water partition coefficient (Wildman–Crippen LogP) is 3.04. The van der Waals surface area contributed by atoms with Crippen LogP contribution >= 0.6 is 0 Å². The van der Waals surface area contributed by atoms with Crippen molar-refractivity contribution in [2.45, 2.75) is 18.8 Å². The lowest BCUT2D eigenvalue weighted by Crippen LogP contribution is -2.38. The minimum Gasteiger partial charge on any atom is -0.493 e. The molecule has 2 aromatic heterocycles. The number of ether oxygens (including phenoxy) is 2. The molecule has 3 heterocycles. The van der Waals surface area contributed by atoms with Crippen molar-refractivity contribution in [1.82, 2.24) is 24.8 Å². The summed E-state index contributed by atoms with van der Waals surface area (Å²) in [6, 6.07) is 7.39. The van der Waals surface area contributed by atoms with E-state index in [1.807, 2.05) is 30.0 Å². The van der Waals surface area contributed by atoms with Gasteiger partial charge in [0.25, 0.3) is 5.91 Å². The molecule has 0 N–H and O–H groups in total. The first kappa shape index (κ1) is 22.4. The predicted molar refractivity (Wildman–Crippen MR) is 125 cm³/mol. The molecule has 0 aliphatic carbocycles. The highest BCUT2D eigenvalue weighted by Crippen LogP contribution is 2.34. The Kier molecular flexibility index (Phi) is 6.67. The zero-order chi connectivity index (χ0) is 23.4. The summed E-state index contributed by atoms with van der Waals surface area (Å²) in [5.74, 6) is 2.56. The Morgan fingerprint density at radius 2 is 1.88 bits per heavy atom. The largest absolute Gasteiger partial charge is 0.493 e. The fourth-order valence-corrected chi connectivity index (χ4v) is 4.02. The molecule has 9 nitrogen and oxygen atoms in total. The molecular weight excluding hydrogens is 420 g/mol. The van der Waals surface area contributed by atoms with Crippen molar-refractivity contribution in [2.75, 3.05) is 46.3 Å². The smallest absolute Gasteiger partial charge is 0.257 e. The number of anilines is 1. The van der Waals surface area contributed by atoms with Gasteiger partial charge in [-0.25, -0.2) is 15.0 Å². The summed E-state index contributed by atoms with van der Waals surface area (Å²) in [6.07, 6.45) is 6.55. The summed E-state index contributed by atoms with van der Waals surface area (Å²) in [4.78, 5) is 35.0. The Hall–Kier alpha value is -3.75. The van der Waals surface area contributed by atoms with Crippen LogP contribution < -0.4 is 14.4 Å². The van der Waals surface area contributed by atoms with Crippen molar-refractivity contribution in [3.8, 4) is 23.0 Å². The fourth-order valence-electron chi connectivity index (χ4n) is 4.02. The van der Waals surface area contributed by atoms with E-state index in [2.05, 4.69) is 15.0 Å². The molecule has 1 fully saturated rings. The first-order valence-electron chi connectivity index (χ1n) is 10.8. The molecule has 0 spiro atoms. The Bertz CT molecular complexity index is 1110. The molecule has 1 aliphatic heterocycles. The van der Waals surface area contributed by atoms with E-state index in [-0.39, 0.29) is 11.8 Å². The highest BCUT2D eigenvalue weighted by Gasteiger charge is 2.28. The second-order valence-electron chi connectivity index (χ2n) is 8.07. The number of benzene rings is 1. The summed E-state index contributed by atoms with van der Waals surface area (Å²) in [5.41, 5.74) is 2.11. The molecule has 1 amide bonds. The van der Waals surface area contributed by atoms with E-state index in [1.165, 1.54) is 0 Å². The van der Waals surface area contributed by atoms with Crippen LogP contribution in [0.1, 0.15) is 34.8 Å². The number of hydrogen-bond acceptors (Lipinski definition) is 8. The van der Waals surface area contributed by atoms with E-state index < -0.39 is 0 Å². The standard InChI is InChI=1S/C24H28N6O3/c1-29(2)21-14-18(27-23(28-21)19-15-25-10-11-26-19)16-8-12-30(13-9-16)24(31)17-6-5-7-20(32-3)22(17)33-4/h5-7,10-11,14-16H,8-9,12-13H2,1-4H3. The van der Waals surface area contributed by atoms with Crippen LogP contribution in [0.5, 0.6) is 11.5 Å². The van der Waals surface area contributed by atoms with Gasteiger partial charge in [-0.2, -0.15) is 0 Å². The quantitative estimate of drug-likeness (QED) is 0.568. The molecule has 172 valence electrons. The average molecular weight is 449 g/mol. The maximum atomic E-state index is 13.2. The van der Waals surface area contributed by atoms with Gasteiger partial charge in [0.1, 0.15) is 11.5 Å². The third-order valence-electron chi connectivity index (χ3n) is 5.82. The van der Waals surface area contributed by atoms with Crippen LogP contribution in [0, 0.1) is 0 Å². The normalized spacial score (nSPS) is 14.1. The lowest BCUT2D eigenvalue weighted by molar-refractivity contribution is 0.0708. The number of para-hydroxylation sites is 1. The topological polar surface area (TPSA) is 93.6 Å². The highest BCUT2D eigenvalue weighted by atomic mass is 16.5. The van der Waals surface area contributed by atoms with E-state index in [1.54, 1.807) is 51.0 Å². The number of piperidine rings is 1. The number of likely N-dealkylation sites (tertiary alicyclic amines) is 1. The van der Waals surface area contributed by atoms with Gasteiger partial charge >= 0.3 is 0 Å². The van der Waals surface area contributed by atoms with E-state index in [9.17, 15) is 4.79 Å². The van der Waals surface area contributed by atoms with Crippen LogP contribution in [0.2, 0.25) is 0 Å². The molecule has 1 aliphatic rings. The summed E-state index contributed by atoms with van der Waals surface area (Å²) >= 11 is 0. The third-order valence-corrected chi connectivity index (χ3v) is 5.82. The van der Waals surface area contributed by atoms with Gasteiger partial charge in [-0.05, 0) is 25.0 Å². The average Bonchev–Trinajstić information content (AvgIpc) is 2.88. The van der Waals surface area contributed by atoms with Crippen molar-refractivity contribution in [2.24, 2.45) is 0 Å². The highest BCUT2D eigenvalue weighted by molar-refractivity contribution is 5.97. The van der Waals surface area contributed by atoms with Crippen LogP contribution in [-0.2, 0) is 0 Å². The number of amides is 1. The maximum absolute atomic E-state index is 13.2. The molecule has 0 saturated carbocycles. The Balaban J connectivity index is 1.54. The van der Waals surface area contributed by atoms with Gasteiger partial charge < -0.3 is 19.3 Å². The number of carbonyl (C=O) groups is 1. The summed E-state index contributed by atoms with van der Waals surface area (Å²) in [5, 5.41) is 0. The van der Waals surface area contributed by atoms with Gasteiger partial charge in [-0.3, -0.25) is 9.78 Å². The lowest BCUT2D eigenvalue weighted by atomic mass is 9.92. The molecule has 33 heavy (non-hydrogen) atoms. The van der Waals surface area contributed by atoms with Crippen LogP contribution in [-0.4, -0.2) is 72.1 Å². The van der Waals surface area contributed by atoms with Crippen molar-refractivity contribution in [3.05, 3.63) is 54.1 Å². The molecule has 9 heteroatoms. The van der Waals surface area contributed by atoms with Crippen LogP contribution in [0.15, 0.2) is 42.9 Å². The zero-order valence-corrected chi connectivity index (χ0v) is 19.4. The number of methoxy groups -OCH3 is 2. The van der Waals surface area contributed by atoms with Crippen LogP contribution in [0.25, 0.3) is 11.5 Å². The monoisotopic (exact) mass is 448 g/mol. The lowest BCUT2D eigenvalue weighted by Gasteiger charge is -2.32. The maximum Gasteiger partial charge on any atom is 0.257 e. The number of nitrogens with zero attached hydrogens (tertiary/aromatic N) is 6. The Morgan fingerprint density at radius 1 is 1.09 bits per heavy atom. The van der Waals surface area contributed by atoms with Crippen molar-refractivity contribution < 1.29 is 14.3 Å². The summed E-state index contributed by atoms with van der Waals surface area (Å²) < 4.78 is 10.8.